The van der Waals surface area contributed by atoms with Crippen molar-refractivity contribution >= 4 is 33.5 Å². The van der Waals surface area contributed by atoms with E-state index in [-0.39, 0.29) is 5.69 Å². The Balaban J connectivity index is 2.12. The molecule has 4 aromatic rings. The number of anilines is 1. The zero-order valence-corrected chi connectivity index (χ0v) is 13.0. The van der Waals surface area contributed by atoms with Gasteiger partial charge < -0.3 is 15.8 Å². The van der Waals surface area contributed by atoms with Crippen molar-refractivity contribution in [3.05, 3.63) is 59.8 Å². The number of nitrogens with zero attached hydrogens (tertiary/aromatic N) is 1. The van der Waals surface area contributed by atoms with Crippen LogP contribution in [0.5, 0.6) is 0 Å². The fourth-order valence-electron chi connectivity index (χ4n) is 2.97. The van der Waals surface area contributed by atoms with Crippen LogP contribution in [0.15, 0.2) is 48.5 Å². The Kier molecular flexibility index (Phi) is 3.03. The molecule has 0 aliphatic carbocycles. The Hall–Kier alpha value is -3.34. The summed E-state index contributed by atoms with van der Waals surface area (Å²) in [5.41, 5.74) is 10.8. The molecule has 0 spiro atoms. The summed E-state index contributed by atoms with van der Waals surface area (Å²) in [5.74, 6) is -1.05. The van der Waals surface area contributed by atoms with Gasteiger partial charge in [0.05, 0.1) is 11.2 Å². The van der Waals surface area contributed by atoms with E-state index in [1.807, 2.05) is 37.3 Å². The molecule has 0 aliphatic rings. The number of nitrogen functional groups attached to an aromatic ring is 1. The van der Waals surface area contributed by atoms with E-state index in [1.165, 1.54) is 0 Å². The molecule has 0 bridgehead atoms. The number of aromatic carboxylic acids is 1. The highest BCUT2D eigenvalue weighted by Gasteiger charge is 2.16. The van der Waals surface area contributed by atoms with Crippen molar-refractivity contribution in [3.8, 4) is 11.3 Å². The van der Waals surface area contributed by atoms with Gasteiger partial charge in [0.2, 0.25) is 0 Å². The Morgan fingerprint density at radius 2 is 1.83 bits per heavy atom. The van der Waals surface area contributed by atoms with E-state index in [0.29, 0.717) is 11.4 Å². The van der Waals surface area contributed by atoms with Crippen LogP contribution in [-0.4, -0.2) is 21.0 Å². The fourth-order valence-corrected chi connectivity index (χ4v) is 2.97. The van der Waals surface area contributed by atoms with E-state index in [4.69, 9.17) is 5.73 Å². The van der Waals surface area contributed by atoms with Gasteiger partial charge in [0.15, 0.2) is 0 Å². The summed E-state index contributed by atoms with van der Waals surface area (Å²) in [5, 5.41) is 11.3. The van der Waals surface area contributed by atoms with Crippen molar-refractivity contribution in [2.75, 3.05) is 5.73 Å². The number of hydrogen-bond donors (Lipinski definition) is 3. The minimum atomic E-state index is -1.05. The molecule has 0 saturated carbocycles. The van der Waals surface area contributed by atoms with E-state index in [0.717, 1.165) is 32.9 Å². The number of pyridine rings is 1. The molecule has 0 fully saturated rings. The smallest absolute Gasteiger partial charge is 0.354 e. The van der Waals surface area contributed by atoms with Crippen molar-refractivity contribution < 1.29 is 9.90 Å². The number of aromatic nitrogens is 2. The third kappa shape index (κ3) is 2.18. The predicted octanol–water partition coefficient (Wildman–Crippen LogP) is 3.97. The van der Waals surface area contributed by atoms with Crippen molar-refractivity contribution in [3.63, 3.8) is 0 Å². The second kappa shape index (κ2) is 5.09. The first-order chi connectivity index (χ1) is 11.5. The standard InChI is InChI=1S/C19H15N3O2/c1-10-2-7-13-14-9-16(19(23)24)22-17(18(14)21-15(13)8-10)11-3-5-12(20)6-4-11/h2-9,21H,20H2,1H3,(H,23,24). The maximum Gasteiger partial charge on any atom is 0.354 e. The molecular formula is C19H15N3O2. The van der Waals surface area contributed by atoms with Crippen LogP contribution in [0.3, 0.4) is 0 Å². The number of fused-ring (bicyclic) bond motifs is 3. The van der Waals surface area contributed by atoms with Gasteiger partial charge in [-0.2, -0.15) is 0 Å². The summed E-state index contributed by atoms with van der Waals surface area (Å²) in [4.78, 5) is 19.2. The van der Waals surface area contributed by atoms with E-state index in [9.17, 15) is 9.90 Å². The first-order valence-electron chi connectivity index (χ1n) is 7.55. The first-order valence-corrected chi connectivity index (χ1v) is 7.55. The first kappa shape index (κ1) is 14.3. The zero-order chi connectivity index (χ0) is 16.8. The molecular weight excluding hydrogens is 302 g/mol. The maximum absolute atomic E-state index is 11.5. The van der Waals surface area contributed by atoms with Crippen LogP contribution in [0.4, 0.5) is 5.69 Å². The summed E-state index contributed by atoms with van der Waals surface area (Å²) in [6.45, 7) is 2.02. The molecule has 24 heavy (non-hydrogen) atoms. The molecule has 2 aromatic carbocycles. The third-order valence-electron chi connectivity index (χ3n) is 4.15. The Morgan fingerprint density at radius 3 is 2.54 bits per heavy atom. The van der Waals surface area contributed by atoms with Crippen LogP contribution < -0.4 is 5.73 Å². The monoisotopic (exact) mass is 317 g/mol. The van der Waals surface area contributed by atoms with Crippen LogP contribution in [0.1, 0.15) is 16.1 Å². The summed E-state index contributed by atoms with van der Waals surface area (Å²) >= 11 is 0. The number of carboxylic acid groups (broad SMARTS) is 1. The van der Waals surface area contributed by atoms with Crippen molar-refractivity contribution in [2.24, 2.45) is 0 Å². The molecule has 0 unspecified atom stereocenters. The number of aromatic amines is 1. The van der Waals surface area contributed by atoms with Crippen LogP contribution in [-0.2, 0) is 0 Å². The Bertz CT molecular complexity index is 1100. The lowest BCUT2D eigenvalue weighted by molar-refractivity contribution is 0.0691. The maximum atomic E-state index is 11.5. The van der Waals surface area contributed by atoms with Crippen LogP contribution >= 0.6 is 0 Å². The lowest BCUT2D eigenvalue weighted by atomic mass is 10.1. The van der Waals surface area contributed by atoms with E-state index >= 15 is 0 Å². The molecule has 0 radical (unpaired) electrons. The molecule has 2 heterocycles. The van der Waals surface area contributed by atoms with Crippen molar-refractivity contribution in [1.82, 2.24) is 9.97 Å². The second-order valence-electron chi connectivity index (χ2n) is 5.88. The highest BCUT2D eigenvalue weighted by Crippen LogP contribution is 2.33. The molecule has 2 aromatic heterocycles. The lowest BCUT2D eigenvalue weighted by Crippen LogP contribution is -2.01. The molecule has 4 rings (SSSR count). The molecule has 0 amide bonds. The summed E-state index contributed by atoms with van der Waals surface area (Å²) in [7, 11) is 0. The average Bonchev–Trinajstić information content (AvgIpc) is 2.92. The van der Waals surface area contributed by atoms with Gasteiger partial charge in [0.1, 0.15) is 5.69 Å². The number of aryl methyl sites for hydroxylation is 1. The van der Waals surface area contributed by atoms with Gasteiger partial charge in [0.25, 0.3) is 0 Å². The molecule has 0 saturated heterocycles. The quantitative estimate of drug-likeness (QED) is 0.488. The molecule has 5 heteroatoms. The number of rotatable bonds is 2. The highest BCUT2D eigenvalue weighted by atomic mass is 16.4. The van der Waals surface area contributed by atoms with Crippen LogP contribution in [0.25, 0.3) is 33.1 Å². The summed E-state index contributed by atoms with van der Waals surface area (Å²) in [6.07, 6.45) is 0. The average molecular weight is 317 g/mol. The normalized spacial score (nSPS) is 11.2. The topological polar surface area (TPSA) is 92.0 Å². The number of carboxylic acids is 1. The van der Waals surface area contributed by atoms with Gasteiger partial charge in [-0.05, 0) is 36.8 Å². The SMILES string of the molecule is Cc1ccc2c(c1)[nH]c1c(-c3ccc(N)cc3)nc(C(=O)O)cc12. The van der Waals surface area contributed by atoms with Gasteiger partial charge in [-0.15, -0.1) is 0 Å². The Labute approximate surface area is 137 Å². The lowest BCUT2D eigenvalue weighted by Gasteiger charge is -2.05. The molecule has 4 N–H and O–H groups in total. The number of nitrogens with one attached hydrogen (secondary N) is 1. The van der Waals surface area contributed by atoms with Gasteiger partial charge in [-0.1, -0.05) is 24.3 Å². The third-order valence-corrected chi connectivity index (χ3v) is 4.15. The predicted molar refractivity (Wildman–Crippen MR) is 95.1 cm³/mol. The molecule has 0 atom stereocenters. The second-order valence-corrected chi connectivity index (χ2v) is 5.88. The minimum Gasteiger partial charge on any atom is -0.477 e. The van der Waals surface area contributed by atoms with Gasteiger partial charge >= 0.3 is 5.97 Å². The van der Waals surface area contributed by atoms with E-state index < -0.39 is 5.97 Å². The number of hydrogen-bond acceptors (Lipinski definition) is 3. The molecule has 118 valence electrons. The zero-order valence-electron chi connectivity index (χ0n) is 13.0. The number of nitrogens with two attached hydrogens (primary N) is 1. The minimum absolute atomic E-state index is 0.0239. The summed E-state index contributed by atoms with van der Waals surface area (Å²) < 4.78 is 0. The van der Waals surface area contributed by atoms with Crippen LogP contribution in [0.2, 0.25) is 0 Å². The van der Waals surface area contributed by atoms with Crippen LogP contribution in [0, 0.1) is 6.92 Å². The van der Waals surface area contributed by atoms with Gasteiger partial charge in [0, 0.05) is 27.5 Å². The summed E-state index contributed by atoms with van der Waals surface area (Å²) in [6, 6.07) is 14.9. The Morgan fingerprint density at radius 1 is 1.08 bits per heavy atom. The van der Waals surface area contributed by atoms with Gasteiger partial charge in [-0.3, -0.25) is 0 Å². The number of H-pyrrole nitrogens is 1. The fraction of sp³-hybridized carbons (Fsp3) is 0.0526. The molecule has 0 aliphatic heterocycles. The van der Waals surface area contributed by atoms with E-state index in [2.05, 4.69) is 9.97 Å². The van der Waals surface area contributed by atoms with Crippen molar-refractivity contribution in [2.45, 2.75) is 6.92 Å². The van der Waals surface area contributed by atoms with E-state index in [1.54, 1.807) is 18.2 Å². The number of benzene rings is 2. The molecule has 5 nitrogen and oxygen atoms in total. The van der Waals surface area contributed by atoms with Gasteiger partial charge in [-0.25, -0.2) is 9.78 Å². The van der Waals surface area contributed by atoms with Crippen molar-refractivity contribution in [1.29, 1.82) is 0 Å². The number of carbonyl (C=O) groups is 1. The highest BCUT2D eigenvalue weighted by molar-refractivity contribution is 6.12. The largest absolute Gasteiger partial charge is 0.477 e.